The number of halogens is 1. The van der Waals surface area contributed by atoms with E-state index >= 15 is 0 Å². The molecule has 2 aromatic rings. The molecule has 1 aromatic carbocycles. The summed E-state index contributed by atoms with van der Waals surface area (Å²) in [7, 11) is -2.54. The fraction of sp³-hybridized carbons (Fsp3) is 0.543. The Hall–Kier alpha value is -2.92. The number of carbonyl (C=O) groups excluding carboxylic acids is 1. The van der Waals surface area contributed by atoms with Crippen molar-refractivity contribution in [3.63, 3.8) is 0 Å². The summed E-state index contributed by atoms with van der Waals surface area (Å²) < 4.78 is 40.9. The van der Waals surface area contributed by atoms with Crippen LogP contribution < -0.4 is 14.4 Å². The first-order valence-corrected chi connectivity index (χ1v) is 18.1. The molecule has 46 heavy (non-hydrogen) atoms. The third-order valence-corrected chi connectivity index (χ3v) is 12.3. The van der Waals surface area contributed by atoms with Crippen molar-refractivity contribution in [2.75, 3.05) is 38.3 Å². The maximum absolute atomic E-state index is 13.5. The van der Waals surface area contributed by atoms with Gasteiger partial charge >= 0.3 is 0 Å². The number of hydrogen-bond acceptors (Lipinski definition) is 8. The van der Waals surface area contributed by atoms with Crippen LogP contribution in [0.4, 0.5) is 5.82 Å². The van der Waals surface area contributed by atoms with Crippen LogP contribution in [-0.2, 0) is 26.6 Å². The lowest BCUT2D eigenvalue weighted by atomic mass is 9.68. The lowest BCUT2D eigenvalue weighted by Gasteiger charge is -2.45. The Balaban J connectivity index is 1.48. The third kappa shape index (κ3) is 7.15. The number of rotatable bonds is 13. The molecular weight excluding hydrogens is 626 g/mol. The minimum atomic E-state index is -4.06. The summed E-state index contributed by atoms with van der Waals surface area (Å²) in [4.78, 5) is 20.5. The standard InChI is InChI=1S/C35H46ClN3O6S/c1-5-8-23(3)32(16-18-44-4)46(42,43)38-34(41)29-14-15-31-33(37-29)39(20-25-10-12-27(25)30(40)6-2)21-35(22-45-31)17-7-9-24-19-26(36)11-13-28(24)35/h5-6,11,13-15,19,23,25,27,30,32,40H,1-2,7-10,12,16-18,20-22H2,3-4H3,(H,38,41)/t23?,25-,27+,30?,32?,35-/m0/s1. The minimum absolute atomic E-state index is 0.0131. The zero-order chi connectivity index (χ0) is 33.1. The maximum Gasteiger partial charge on any atom is 0.283 e. The van der Waals surface area contributed by atoms with Crippen LogP contribution in [0.5, 0.6) is 5.75 Å². The van der Waals surface area contributed by atoms with Gasteiger partial charge in [-0.25, -0.2) is 18.1 Å². The van der Waals surface area contributed by atoms with Gasteiger partial charge in [0.2, 0.25) is 10.0 Å². The highest BCUT2D eigenvalue weighted by Gasteiger charge is 2.44. The van der Waals surface area contributed by atoms with Gasteiger partial charge in [-0.15, -0.1) is 13.2 Å². The molecule has 250 valence electrons. The number of amides is 1. The number of methoxy groups -OCH3 is 1. The van der Waals surface area contributed by atoms with Crippen molar-refractivity contribution in [2.24, 2.45) is 17.8 Å². The molecule has 2 N–H and O–H groups in total. The Morgan fingerprint density at radius 3 is 2.80 bits per heavy atom. The summed E-state index contributed by atoms with van der Waals surface area (Å²) in [6, 6.07) is 9.29. The van der Waals surface area contributed by atoms with Gasteiger partial charge in [0.15, 0.2) is 11.6 Å². The molecular formula is C35H46ClN3O6S. The van der Waals surface area contributed by atoms with Crippen LogP contribution >= 0.6 is 11.6 Å². The molecule has 1 saturated carbocycles. The number of aromatic nitrogens is 1. The number of benzene rings is 1. The number of aliphatic hydroxyl groups excluding tert-OH is 1. The molecule has 1 amide bonds. The fourth-order valence-corrected chi connectivity index (χ4v) is 9.33. The van der Waals surface area contributed by atoms with Crippen LogP contribution in [-0.4, -0.2) is 69.2 Å². The van der Waals surface area contributed by atoms with Crippen LogP contribution in [0.1, 0.15) is 67.1 Å². The Morgan fingerprint density at radius 1 is 1.30 bits per heavy atom. The molecule has 1 aromatic heterocycles. The number of sulfonamides is 1. The molecule has 0 radical (unpaired) electrons. The minimum Gasteiger partial charge on any atom is -0.489 e. The van der Waals surface area contributed by atoms with E-state index in [4.69, 9.17) is 26.1 Å². The van der Waals surface area contributed by atoms with Crippen molar-refractivity contribution in [2.45, 2.75) is 68.6 Å². The van der Waals surface area contributed by atoms with Crippen molar-refractivity contribution in [3.05, 3.63) is 77.5 Å². The smallest absolute Gasteiger partial charge is 0.283 e. The number of ether oxygens (including phenoxy) is 2. The highest BCUT2D eigenvalue weighted by Crippen LogP contribution is 2.46. The second-order valence-electron chi connectivity index (χ2n) is 13.1. The van der Waals surface area contributed by atoms with Crippen LogP contribution in [0.25, 0.3) is 0 Å². The lowest BCUT2D eigenvalue weighted by molar-refractivity contribution is 0.0459. The molecule has 3 unspecified atom stereocenters. The van der Waals surface area contributed by atoms with Gasteiger partial charge in [0.25, 0.3) is 5.91 Å². The summed E-state index contributed by atoms with van der Waals surface area (Å²) in [6.45, 7) is 11.2. The molecule has 0 saturated heterocycles. The average molecular weight is 672 g/mol. The predicted molar refractivity (Wildman–Crippen MR) is 181 cm³/mol. The van der Waals surface area contributed by atoms with Gasteiger partial charge in [0.05, 0.1) is 18.0 Å². The van der Waals surface area contributed by atoms with E-state index in [1.807, 2.05) is 19.1 Å². The van der Waals surface area contributed by atoms with Gasteiger partial charge in [0.1, 0.15) is 5.69 Å². The number of pyridine rings is 1. The van der Waals surface area contributed by atoms with Crippen LogP contribution in [0.2, 0.25) is 5.02 Å². The monoisotopic (exact) mass is 671 g/mol. The first kappa shape index (κ1) is 34.4. The highest BCUT2D eigenvalue weighted by atomic mass is 35.5. The van der Waals surface area contributed by atoms with E-state index in [-0.39, 0.29) is 41.9 Å². The second-order valence-corrected chi connectivity index (χ2v) is 15.5. The Kier molecular flexibility index (Phi) is 10.8. The number of aryl methyl sites for hydroxylation is 1. The molecule has 6 atom stereocenters. The van der Waals surface area contributed by atoms with E-state index < -0.39 is 27.3 Å². The summed E-state index contributed by atoms with van der Waals surface area (Å²) >= 11 is 6.39. The highest BCUT2D eigenvalue weighted by molar-refractivity contribution is 7.90. The van der Waals surface area contributed by atoms with Gasteiger partial charge in [-0.2, -0.15) is 0 Å². The van der Waals surface area contributed by atoms with Crippen molar-refractivity contribution >= 4 is 33.3 Å². The molecule has 1 spiro atoms. The molecule has 3 aliphatic rings. The zero-order valence-electron chi connectivity index (χ0n) is 26.8. The molecule has 9 nitrogen and oxygen atoms in total. The summed E-state index contributed by atoms with van der Waals surface area (Å²) in [5.41, 5.74) is 2.07. The van der Waals surface area contributed by atoms with Crippen molar-refractivity contribution in [1.82, 2.24) is 9.71 Å². The number of aliphatic hydroxyl groups is 1. The van der Waals surface area contributed by atoms with E-state index in [2.05, 4.69) is 28.8 Å². The van der Waals surface area contributed by atoms with Crippen LogP contribution in [0.3, 0.4) is 0 Å². The summed E-state index contributed by atoms with van der Waals surface area (Å²) in [5, 5.41) is 10.5. The van der Waals surface area contributed by atoms with E-state index in [9.17, 15) is 18.3 Å². The second kappa shape index (κ2) is 14.5. The number of hydrogen-bond donors (Lipinski definition) is 2. The Bertz CT molecular complexity index is 1550. The SMILES string of the molecule is C=CCC(C)C(CCOC)S(=O)(=O)NC(=O)c1ccc2c(n1)N(C[C@@H]1CC[C@H]1C(O)C=C)C[C@@]1(CCCc3cc(Cl)ccc31)CO2. The van der Waals surface area contributed by atoms with Gasteiger partial charge in [-0.05, 0) is 98.1 Å². The molecule has 0 bridgehead atoms. The maximum atomic E-state index is 13.5. The van der Waals surface area contributed by atoms with Gasteiger partial charge < -0.3 is 19.5 Å². The first-order valence-electron chi connectivity index (χ1n) is 16.2. The number of carbonyl (C=O) groups is 1. The molecule has 1 aliphatic heterocycles. The summed E-state index contributed by atoms with van der Waals surface area (Å²) in [5.74, 6) is 0.241. The van der Waals surface area contributed by atoms with E-state index in [0.29, 0.717) is 42.7 Å². The zero-order valence-corrected chi connectivity index (χ0v) is 28.4. The number of fused-ring (bicyclic) bond motifs is 3. The molecule has 2 heterocycles. The normalized spacial score (nSPS) is 24.3. The molecule has 1 fully saturated rings. The van der Waals surface area contributed by atoms with Crippen LogP contribution in [0, 0.1) is 17.8 Å². The number of nitrogens with zero attached hydrogens (tertiary/aromatic N) is 2. The average Bonchev–Trinajstić information content (AvgIpc) is 3.16. The van der Waals surface area contributed by atoms with Crippen molar-refractivity contribution in [3.8, 4) is 5.75 Å². The van der Waals surface area contributed by atoms with E-state index in [1.165, 1.54) is 24.3 Å². The van der Waals surface area contributed by atoms with Crippen LogP contribution in [0.15, 0.2) is 55.6 Å². The molecule has 2 aliphatic carbocycles. The topological polar surface area (TPSA) is 118 Å². The lowest BCUT2D eigenvalue weighted by Crippen LogP contribution is -2.49. The Labute approximate surface area is 278 Å². The summed E-state index contributed by atoms with van der Waals surface area (Å²) in [6.07, 6.45) is 8.07. The van der Waals surface area contributed by atoms with Gasteiger partial charge in [-0.1, -0.05) is 36.7 Å². The first-order chi connectivity index (χ1) is 22.0. The quantitative estimate of drug-likeness (QED) is 0.270. The Morgan fingerprint density at radius 2 is 2.11 bits per heavy atom. The van der Waals surface area contributed by atoms with Crippen molar-refractivity contribution < 1.29 is 27.8 Å². The molecule has 5 rings (SSSR count). The van der Waals surface area contributed by atoms with Crippen molar-refractivity contribution in [1.29, 1.82) is 0 Å². The van der Waals surface area contributed by atoms with E-state index in [0.717, 1.165) is 32.1 Å². The predicted octanol–water partition coefficient (Wildman–Crippen LogP) is 5.46. The van der Waals surface area contributed by atoms with Gasteiger partial charge in [0, 0.05) is 37.2 Å². The molecule has 11 heteroatoms. The van der Waals surface area contributed by atoms with E-state index in [1.54, 1.807) is 18.2 Å². The fourth-order valence-electron chi connectivity index (χ4n) is 7.49. The largest absolute Gasteiger partial charge is 0.489 e. The number of anilines is 1. The van der Waals surface area contributed by atoms with Gasteiger partial charge in [-0.3, -0.25) is 4.79 Å². The number of nitrogens with one attached hydrogen (secondary N) is 1. The third-order valence-electron chi connectivity index (χ3n) is 10.1. The number of allylic oxidation sites excluding steroid dienone is 1.